The highest BCUT2D eigenvalue weighted by molar-refractivity contribution is 6.46. The lowest BCUT2D eigenvalue weighted by Crippen LogP contribution is -2.22. The van der Waals surface area contributed by atoms with Gasteiger partial charge in [0.2, 0.25) is 0 Å². The Kier molecular flexibility index (Phi) is 3.69. The van der Waals surface area contributed by atoms with Gasteiger partial charge < -0.3 is 14.4 Å². The molecule has 2 aromatic rings. The lowest BCUT2D eigenvalue weighted by molar-refractivity contribution is -0.138. The summed E-state index contributed by atoms with van der Waals surface area (Å²) in [6.45, 7) is 0.0202. The second kappa shape index (κ2) is 5.68. The van der Waals surface area contributed by atoms with Crippen LogP contribution in [0.3, 0.4) is 0 Å². The fraction of sp³-hybridized carbons (Fsp3) is 0.188. The van der Waals surface area contributed by atoms with Crippen LogP contribution in [-0.2, 0) is 16.0 Å². The standard InChI is InChI=1S/C16H13FN2O4/c1-19-7-11(15(21)16(19)22)14(20)13-12(23-8-18-13)6-9-2-4-10(17)5-3-9/h2-5,8,20H,6-7H2,1H3. The molecule has 3 rings (SSSR count). The van der Waals surface area contributed by atoms with Crippen LogP contribution in [0.25, 0.3) is 5.76 Å². The lowest BCUT2D eigenvalue weighted by atomic mass is 10.1. The number of aliphatic hydroxyl groups is 1. The molecule has 1 saturated heterocycles. The zero-order valence-electron chi connectivity index (χ0n) is 12.2. The maximum Gasteiger partial charge on any atom is 0.294 e. The van der Waals surface area contributed by atoms with Gasteiger partial charge in [-0.2, -0.15) is 0 Å². The van der Waals surface area contributed by atoms with E-state index in [9.17, 15) is 19.1 Å². The minimum absolute atomic E-state index is 0.00763. The number of carbonyl (C=O) groups is 2. The molecule has 0 saturated carbocycles. The molecule has 0 bridgehead atoms. The van der Waals surface area contributed by atoms with E-state index in [2.05, 4.69) is 4.98 Å². The molecule has 1 N–H and O–H groups in total. The first-order valence-corrected chi connectivity index (χ1v) is 6.86. The number of likely N-dealkylation sites (N-methyl/N-ethyl adjacent to an activating group) is 1. The van der Waals surface area contributed by atoms with Gasteiger partial charge in [-0.25, -0.2) is 9.37 Å². The normalized spacial score (nSPS) is 17.0. The summed E-state index contributed by atoms with van der Waals surface area (Å²) in [4.78, 5) is 28.5. The summed E-state index contributed by atoms with van der Waals surface area (Å²) < 4.78 is 18.2. The molecule has 118 valence electrons. The van der Waals surface area contributed by atoms with Gasteiger partial charge in [-0.1, -0.05) is 12.1 Å². The Labute approximate surface area is 130 Å². The van der Waals surface area contributed by atoms with Crippen molar-refractivity contribution in [3.05, 3.63) is 59.1 Å². The third-order valence-corrected chi connectivity index (χ3v) is 3.64. The number of Topliss-reactive ketones (excluding diaryl/α,β-unsaturated/α-hetero) is 1. The van der Waals surface area contributed by atoms with Crippen molar-refractivity contribution in [2.24, 2.45) is 0 Å². The van der Waals surface area contributed by atoms with E-state index in [1.54, 1.807) is 12.1 Å². The quantitative estimate of drug-likeness (QED) is 0.529. The molecule has 23 heavy (non-hydrogen) atoms. The van der Waals surface area contributed by atoms with Gasteiger partial charge in [-0.15, -0.1) is 0 Å². The van der Waals surface area contributed by atoms with E-state index < -0.39 is 11.7 Å². The first kappa shape index (κ1) is 15.0. The molecule has 7 heteroatoms. The zero-order valence-corrected chi connectivity index (χ0v) is 12.2. The van der Waals surface area contributed by atoms with E-state index >= 15 is 0 Å². The summed E-state index contributed by atoms with van der Waals surface area (Å²) >= 11 is 0. The summed E-state index contributed by atoms with van der Waals surface area (Å²) in [5, 5.41) is 10.3. The van der Waals surface area contributed by atoms with Gasteiger partial charge in [0, 0.05) is 13.5 Å². The van der Waals surface area contributed by atoms with Gasteiger partial charge in [0.05, 0.1) is 12.1 Å². The number of benzene rings is 1. The number of halogens is 1. The minimum Gasteiger partial charge on any atom is -0.505 e. The molecule has 0 spiro atoms. The van der Waals surface area contributed by atoms with Crippen molar-refractivity contribution in [3.8, 4) is 0 Å². The highest BCUT2D eigenvalue weighted by atomic mass is 19.1. The zero-order chi connectivity index (χ0) is 16.6. The van der Waals surface area contributed by atoms with Crippen LogP contribution in [0, 0.1) is 5.82 Å². The molecule has 1 aromatic heterocycles. The van der Waals surface area contributed by atoms with Crippen LogP contribution in [0.4, 0.5) is 4.39 Å². The molecule has 1 fully saturated rings. The highest BCUT2D eigenvalue weighted by Gasteiger charge is 2.35. The van der Waals surface area contributed by atoms with E-state index in [1.165, 1.54) is 24.1 Å². The number of likely N-dealkylation sites (tertiary alicyclic amines) is 1. The predicted molar refractivity (Wildman–Crippen MR) is 77.9 cm³/mol. The second-order valence-corrected chi connectivity index (χ2v) is 5.24. The van der Waals surface area contributed by atoms with Crippen molar-refractivity contribution < 1.29 is 23.5 Å². The molecule has 6 nitrogen and oxygen atoms in total. The van der Waals surface area contributed by atoms with E-state index in [-0.39, 0.29) is 35.8 Å². The first-order valence-electron chi connectivity index (χ1n) is 6.86. The SMILES string of the molecule is CN1CC(=C(O)c2ncoc2Cc2ccc(F)cc2)C(=O)C1=O. The Balaban J connectivity index is 1.93. The van der Waals surface area contributed by atoms with Gasteiger partial charge in [0.25, 0.3) is 11.7 Å². The predicted octanol–water partition coefficient (Wildman–Crippen LogP) is 1.71. The fourth-order valence-electron chi connectivity index (χ4n) is 2.39. The highest BCUT2D eigenvalue weighted by Crippen LogP contribution is 2.25. The average Bonchev–Trinajstić information content (AvgIpc) is 3.09. The van der Waals surface area contributed by atoms with Gasteiger partial charge in [-0.3, -0.25) is 9.59 Å². The van der Waals surface area contributed by atoms with Crippen LogP contribution in [-0.4, -0.2) is 40.3 Å². The van der Waals surface area contributed by atoms with Crippen molar-refractivity contribution in [2.75, 3.05) is 13.6 Å². The van der Waals surface area contributed by atoms with Crippen LogP contribution in [0.15, 0.2) is 40.6 Å². The van der Waals surface area contributed by atoms with Crippen molar-refractivity contribution in [2.45, 2.75) is 6.42 Å². The number of hydrogen-bond donors (Lipinski definition) is 1. The molecule has 1 aliphatic heterocycles. The summed E-state index contributed by atoms with van der Waals surface area (Å²) in [7, 11) is 1.47. The monoisotopic (exact) mass is 316 g/mol. The third-order valence-electron chi connectivity index (χ3n) is 3.64. The number of carbonyl (C=O) groups excluding carboxylic acids is 2. The first-order chi connectivity index (χ1) is 11.0. The number of amides is 1. The maximum absolute atomic E-state index is 12.9. The van der Waals surface area contributed by atoms with Crippen molar-refractivity contribution >= 4 is 17.4 Å². The number of ketones is 1. The number of nitrogens with zero attached hydrogens (tertiary/aromatic N) is 2. The number of oxazole rings is 1. The Morgan fingerprint density at radius 3 is 2.65 bits per heavy atom. The van der Waals surface area contributed by atoms with Crippen LogP contribution in [0.2, 0.25) is 0 Å². The van der Waals surface area contributed by atoms with Gasteiger partial charge in [0.1, 0.15) is 17.3 Å². The summed E-state index contributed by atoms with van der Waals surface area (Å²) in [6.07, 6.45) is 1.42. The van der Waals surface area contributed by atoms with E-state index in [4.69, 9.17) is 4.42 Å². The Hall–Kier alpha value is -2.96. The van der Waals surface area contributed by atoms with Gasteiger partial charge in [-0.05, 0) is 17.7 Å². The summed E-state index contributed by atoms with van der Waals surface area (Å²) in [5.74, 6) is -1.81. The summed E-state index contributed by atoms with van der Waals surface area (Å²) in [5.41, 5.74) is 0.862. The fourth-order valence-corrected chi connectivity index (χ4v) is 2.39. The van der Waals surface area contributed by atoms with Crippen molar-refractivity contribution in [1.29, 1.82) is 0 Å². The minimum atomic E-state index is -0.749. The molecule has 2 heterocycles. The van der Waals surface area contributed by atoms with Crippen LogP contribution >= 0.6 is 0 Å². The molecule has 0 atom stereocenters. The van der Waals surface area contributed by atoms with Crippen LogP contribution < -0.4 is 0 Å². The number of aromatic nitrogens is 1. The third kappa shape index (κ3) is 2.73. The van der Waals surface area contributed by atoms with Crippen LogP contribution in [0.5, 0.6) is 0 Å². The van der Waals surface area contributed by atoms with Gasteiger partial charge in [0.15, 0.2) is 12.2 Å². The summed E-state index contributed by atoms with van der Waals surface area (Å²) in [6, 6.07) is 5.81. The van der Waals surface area contributed by atoms with Crippen LogP contribution in [0.1, 0.15) is 17.0 Å². The van der Waals surface area contributed by atoms with Gasteiger partial charge >= 0.3 is 0 Å². The maximum atomic E-state index is 12.9. The Bertz CT molecular complexity index is 808. The molecule has 1 amide bonds. The molecule has 0 unspecified atom stereocenters. The molecule has 1 aromatic carbocycles. The lowest BCUT2D eigenvalue weighted by Gasteiger charge is -2.05. The number of aliphatic hydroxyl groups excluding tert-OH is 1. The Morgan fingerprint density at radius 2 is 2.04 bits per heavy atom. The Morgan fingerprint density at radius 1 is 1.35 bits per heavy atom. The van der Waals surface area contributed by atoms with E-state index in [0.29, 0.717) is 5.76 Å². The molecular formula is C16H13FN2O4. The number of rotatable bonds is 3. The van der Waals surface area contributed by atoms with E-state index in [1.807, 2.05) is 0 Å². The molecule has 0 aliphatic carbocycles. The van der Waals surface area contributed by atoms with Crippen molar-refractivity contribution in [1.82, 2.24) is 9.88 Å². The topological polar surface area (TPSA) is 83.6 Å². The molecule has 1 aliphatic rings. The molecule has 0 radical (unpaired) electrons. The number of hydrogen-bond acceptors (Lipinski definition) is 5. The second-order valence-electron chi connectivity index (χ2n) is 5.24. The van der Waals surface area contributed by atoms with Crippen molar-refractivity contribution in [3.63, 3.8) is 0 Å². The largest absolute Gasteiger partial charge is 0.505 e. The molecular weight excluding hydrogens is 303 g/mol. The average molecular weight is 316 g/mol. The van der Waals surface area contributed by atoms with E-state index in [0.717, 1.165) is 12.0 Å². The smallest absolute Gasteiger partial charge is 0.294 e.